The van der Waals surface area contributed by atoms with Gasteiger partial charge in [-0.1, -0.05) is 18.2 Å². The zero-order valence-corrected chi connectivity index (χ0v) is 11.7. The van der Waals surface area contributed by atoms with E-state index in [9.17, 15) is 5.11 Å². The van der Waals surface area contributed by atoms with Crippen molar-refractivity contribution in [3.8, 4) is 0 Å². The SMILES string of the molecule is CC(C)(O)c1cc2oc(C3=CC=CCC3)nc2cc1N. The van der Waals surface area contributed by atoms with E-state index in [1.807, 2.05) is 12.2 Å². The molecule has 1 aliphatic carbocycles. The van der Waals surface area contributed by atoms with Gasteiger partial charge in [0.25, 0.3) is 0 Å². The fourth-order valence-electron chi connectivity index (χ4n) is 2.44. The van der Waals surface area contributed by atoms with Gasteiger partial charge < -0.3 is 15.3 Å². The number of aromatic nitrogens is 1. The predicted octanol–water partition coefficient (Wildman–Crippen LogP) is 3.37. The van der Waals surface area contributed by atoms with Gasteiger partial charge in [-0.05, 0) is 38.8 Å². The number of hydrogen-bond donors (Lipinski definition) is 2. The van der Waals surface area contributed by atoms with E-state index in [-0.39, 0.29) is 0 Å². The van der Waals surface area contributed by atoms with E-state index < -0.39 is 5.60 Å². The van der Waals surface area contributed by atoms with Crippen molar-refractivity contribution in [3.05, 3.63) is 41.8 Å². The average molecular weight is 270 g/mol. The van der Waals surface area contributed by atoms with E-state index in [1.165, 1.54) is 0 Å². The zero-order valence-electron chi connectivity index (χ0n) is 11.7. The molecule has 1 aliphatic rings. The maximum absolute atomic E-state index is 10.1. The molecule has 104 valence electrons. The molecule has 0 aliphatic heterocycles. The molecule has 3 rings (SSSR count). The number of nitrogens with two attached hydrogens (primary N) is 1. The number of rotatable bonds is 2. The number of anilines is 1. The summed E-state index contributed by atoms with van der Waals surface area (Å²) in [6.07, 6.45) is 8.09. The predicted molar refractivity (Wildman–Crippen MR) is 80.0 cm³/mol. The third kappa shape index (κ3) is 2.23. The highest BCUT2D eigenvalue weighted by Crippen LogP contribution is 2.32. The van der Waals surface area contributed by atoms with Gasteiger partial charge in [-0.2, -0.15) is 0 Å². The summed E-state index contributed by atoms with van der Waals surface area (Å²) in [7, 11) is 0. The van der Waals surface area contributed by atoms with Gasteiger partial charge in [0.15, 0.2) is 5.58 Å². The largest absolute Gasteiger partial charge is 0.436 e. The Kier molecular flexibility index (Phi) is 2.91. The van der Waals surface area contributed by atoms with Gasteiger partial charge in [-0.15, -0.1) is 0 Å². The Morgan fingerprint density at radius 3 is 2.80 bits per heavy atom. The molecule has 0 saturated carbocycles. The summed E-state index contributed by atoms with van der Waals surface area (Å²) >= 11 is 0. The molecular weight excluding hydrogens is 252 g/mol. The lowest BCUT2D eigenvalue weighted by Gasteiger charge is -2.19. The molecule has 0 fully saturated rings. The van der Waals surface area contributed by atoms with Gasteiger partial charge in [0.2, 0.25) is 5.89 Å². The summed E-state index contributed by atoms with van der Waals surface area (Å²) in [6.45, 7) is 3.41. The summed E-state index contributed by atoms with van der Waals surface area (Å²) < 4.78 is 5.82. The number of oxazole rings is 1. The van der Waals surface area contributed by atoms with Crippen molar-refractivity contribution in [3.63, 3.8) is 0 Å². The van der Waals surface area contributed by atoms with E-state index in [4.69, 9.17) is 10.2 Å². The Morgan fingerprint density at radius 2 is 2.15 bits per heavy atom. The number of fused-ring (bicyclic) bond motifs is 1. The second kappa shape index (κ2) is 4.49. The lowest BCUT2D eigenvalue weighted by atomic mass is 9.96. The van der Waals surface area contributed by atoms with Gasteiger partial charge in [-0.25, -0.2) is 4.98 Å². The Balaban J connectivity index is 2.12. The minimum Gasteiger partial charge on any atom is -0.436 e. The highest BCUT2D eigenvalue weighted by molar-refractivity contribution is 5.81. The summed E-state index contributed by atoms with van der Waals surface area (Å²) in [6, 6.07) is 3.54. The zero-order chi connectivity index (χ0) is 14.3. The van der Waals surface area contributed by atoms with Crippen LogP contribution in [0.25, 0.3) is 16.7 Å². The number of benzene rings is 1. The Hall–Kier alpha value is -2.07. The molecule has 4 heteroatoms. The van der Waals surface area contributed by atoms with Crippen LogP contribution in [-0.4, -0.2) is 10.1 Å². The lowest BCUT2D eigenvalue weighted by Crippen LogP contribution is -2.17. The van der Waals surface area contributed by atoms with Crippen LogP contribution in [0.2, 0.25) is 0 Å². The first kappa shape index (κ1) is 12.9. The second-order valence-electron chi connectivity index (χ2n) is 5.64. The minimum absolute atomic E-state index is 0.530. The van der Waals surface area contributed by atoms with E-state index >= 15 is 0 Å². The van der Waals surface area contributed by atoms with Gasteiger partial charge in [0.05, 0.1) is 5.60 Å². The smallest absolute Gasteiger partial charge is 0.223 e. The molecule has 0 saturated heterocycles. The number of aliphatic hydroxyl groups is 1. The molecule has 3 N–H and O–H groups in total. The van der Waals surface area contributed by atoms with Crippen molar-refractivity contribution in [1.29, 1.82) is 0 Å². The van der Waals surface area contributed by atoms with E-state index in [0.717, 1.165) is 23.9 Å². The molecule has 20 heavy (non-hydrogen) atoms. The molecule has 1 aromatic heterocycles. The van der Waals surface area contributed by atoms with Gasteiger partial charge in [0.1, 0.15) is 5.52 Å². The van der Waals surface area contributed by atoms with Crippen LogP contribution in [0.1, 0.15) is 38.1 Å². The van der Waals surface area contributed by atoms with E-state index in [0.29, 0.717) is 22.7 Å². The lowest BCUT2D eigenvalue weighted by molar-refractivity contribution is 0.0794. The molecular formula is C16H18N2O2. The van der Waals surface area contributed by atoms with Crippen molar-refractivity contribution in [1.82, 2.24) is 4.98 Å². The topological polar surface area (TPSA) is 72.3 Å². The van der Waals surface area contributed by atoms with Crippen LogP contribution >= 0.6 is 0 Å². The molecule has 2 aromatic rings. The fraction of sp³-hybridized carbons (Fsp3) is 0.312. The summed E-state index contributed by atoms with van der Waals surface area (Å²) in [5, 5.41) is 10.1. The summed E-state index contributed by atoms with van der Waals surface area (Å²) in [5.74, 6) is 0.636. The van der Waals surface area contributed by atoms with Gasteiger partial charge >= 0.3 is 0 Å². The van der Waals surface area contributed by atoms with Crippen LogP contribution in [0, 0.1) is 0 Å². The van der Waals surface area contributed by atoms with Crippen molar-refractivity contribution >= 4 is 22.4 Å². The van der Waals surface area contributed by atoms with E-state index in [2.05, 4.69) is 11.1 Å². The molecule has 0 amide bonds. The minimum atomic E-state index is -1.00. The van der Waals surface area contributed by atoms with Crippen molar-refractivity contribution < 1.29 is 9.52 Å². The standard InChI is InChI=1S/C16H18N2O2/c1-16(2,19)11-8-14-13(9-12(11)17)18-15(20-14)10-6-4-3-5-7-10/h3-4,6,8-9,19H,5,7,17H2,1-2H3. The van der Waals surface area contributed by atoms with Crippen LogP contribution in [0.3, 0.4) is 0 Å². The highest BCUT2D eigenvalue weighted by atomic mass is 16.3. The quantitative estimate of drug-likeness (QED) is 0.821. The van der Waals surface area contributed by atoms with Crippen molar-refractivity contribution in [2.45, 2.75) is 32.3 Å². The molecule has 0 radical (unpaired) electrons. The molecule has 0 bridgehead atoms. The summed E-state index contributed by atoms with van der Waals surface area (Å²) in [4.78, 5) is 4.49. The first-order valence-electron chi connectivity index (χ1n) is 6.74. The monoisotopic (exact) mass is 270 g/mol. The van der Waals surface area contributed by atoms with Crippen molar-refractivity contribution in [2.75, 3.05) is 5.73 Å². The third-order valence-corrected chi connectivity index (χ3v) is 3.51. The first-order chi connectivity index (χ1) is 9.45. The average Bonchev–Trinajstić information content (AvgIpc) is 2.80. The molecule has 1 heterocycles. The van der Waals surface area contributed by atoms with E-state index in [1.54, 1.807) is 26.0 Å². The molecule has 0 atom stereocenters. The third-order valence-electron chi connectivity index (χ3n) is 3.51. The molecule has 0 spiro atoms. The van der Waals surface area contributed by atoms with Gasteiger partial charge in [0, 0.05) is 16.8 Å². The number of nitrogens with zero attached hydrogens (tertiary/aromatic N) is 1. The van der Waals surface area contributed by atoms with Crippen LogP contribution in [-0.2, 0) is 5.60 Å². The van der Waals surface area contributed by atoms with Crippen LogP contribution in [0.4, 0.5) is 5.69 Å². The van der Waals surface area contributed by atoms with Gasteiger partial charge in [-0.3, -0.25) is 0 Å². The maximum atomic E-state index is 10.1. The van der Waals surface area contributed by atoms with Crippen molar-refractivity contribution in [2.24, 2.45) is 0 Å². The van der Waals surface area contributed by atoms with Crippen LogP contribution in [0.15, 0.2) is 34.8 Å². The first-order valence-corrected chi connectivity index (χ1v) is 6.74. The number of nitrogen functional groups attached to an aromatic ring is 1. The normalized spacial score (nSPS) is 15.7. The Labute approximate surface area is 117 Å². The molecule has 4 nitrogen and oxygen atoms in total. The maximum Gasteiger partial charge on any atom is 0.223 e. The van der Waals surface area contributed by atoms with Crippen LogP contribution < -0.4 is 5.73 Å². The Bertz CT molecular complexity index is 718. The second-order valence-corrected chi connectivity index (χ2v) is 5.64. The summed E-state index contributed by atoms with van der Waals surface area (Å²) in [5.41, 5.74) is 8.65. The molecule has 1 aromatic carbocycles. The Morgan fingerprint density at radius 1 is 1.35 bits per heavy atom. The highest BCUT2D eigenvalue weighted by Gasteiger charge is 2.22. The number of hydrogen-bond acceptors (Lipinski definition) is 4. The fourth-order valence-corrected chi connectivity index (χ4v) is 2.44. The molecule has 0 unspecified atom stereocenters. The number of allylic oxidation sites excluding steroid dienone is 4. The van der Waals surface area contributed by atoms with Crippen LogP contribution in [0.5, 0.6) is 0 Å².